The van der Waals surface area contributed by atoms with Gasteiger partial charge in [0.15, 0.2) is 11.6 Å². The van der Waals surface area contributed by atoms with Crippen molar-refractivity contribution in [2.75, 3.05) is 36.4 Å². The number of carbonyl (C=O) groups excluding carboxylic acids is 1. The lowest BCUT2D eigenvalue weighted by atomic mass is 10.2. The summed E-state index contributed by atoms with van der Waals surface area (Å²) in [5, 5.41) is 4.55. The molecule has 1 N–H and O–H groups in total. The van der Waals surface area contributed by atoms with Crippen LogP contribution in [0.25, 0.3) is 22.5 Å². The number of nitrogens with zero attached hydrogens (tertiary/aromatic N) is 4. The SMILES string of the molecule is Cc1ccccc1NC(=O)N1CCN(c2nc(-c3ccco3)nc3cc(Cl)ccc23)CC1. The highest BCUT2D eigenvalue weighted by Gasteiger charge is 2.24. The summed E-state index contributed by atoms with van der Waals surface area (Å²) in [6.07, 6.45) is 1.60. The molecule has 1 fully saturated rings. The number of carbonyl (C=O) groups is 1. The lowest BCUT2D eigenvalue weighted by Gasteiger charge is -2.36. The number of fused-ring (bicyclic) bond motifs is 1. The van der Waals surface area contributed by atoms with E-state index >= 15 is 0 Å². The summed E-state index contributed by atoms with van der Waals surface area (Å²) in [6, 6.07) is 17.0. The van der Waals surface area contributed by atoms with Gasteiger partial charge >= 0.3 is 6.03 Å². The van der Waals surface area contributed by atoms with E-state index in [1.807, 2.05) is 66.4 Å². The average molecular weight is 448 g/mol. The van der Waals surface area contributed by atoms with Gasteiger partial charge in [-0.2, -0.15) is 0 Å². The van der Waals surface area contributed by atoms with Gasteiger partial charge in [0.1, 0.15) is 5.82 Å². The molecule has 1 saturated heterocycles. The first-order chi connectivity index (χ1) is 15.6. The van der Waals surface area contributed by atoms with Gasteiger partial charge in [0, 0.05) is 42.3 Å². The van der Waals surface area contributed by atoms with Crippen molar-refractivity contribution in [1.29, 1.82) is 0 Å². The molecule has 0 unspecified atom stereocenters. The summed E-state index contributed by atoms with van der Waals surface area (Å²) in [7, 11) is 0. The highest BCUT2D eigenvalue weighted by atomic mass is 35.5. The van der Waals surface area contributed by atoms with Crippen molar-refractivity contribution < 1.29 is 9.21 Å². The second-order valence-corrected chi connectivity index (χ2v) is 8.17. The highest BCUT2D eigenvalue weighted by Crippen LogP contribution is 2.30. The van der Waals surface area contributed by atoms with Gasteiger partial charge in [0.05, 0.1) is 11.8 Å². The number of aromatic nitrogens is 2. The molecule has 0 saturated carbocycles. The van der Waals surface area contributed by atoms with Crippen LogP contribution in [-0.4, -0.2) is 47.1 Å². The first-order valence-electron chi connectivity index (χ1n) is 10.5. The lowest BCUT2D eigenvalue weighted by Crippen LogP contribution is -2.50. The van der Waals surface area contributed by atoms with Crippen LogP contribution in [0.4, 0.5) is 16.3 Å². The molecule has 4 aromatic rings. The third-order valence-electron chi connectivity index (χ3n) is 5.63. The number of piperazine rings is 1. The largest absolute Gasteiger partial charge is 0.461 e. The summed E-state index contributed by atoms with van der Waals surface area (Å²) in [5.74, 6) is 1.93. The maximum Gasteiger partial charge on any atom is 0.321 e. The van der Waals surface area contributed by atoms with Crippen LogP contribution in [0.1, 0.15) is 5.56 Å². The fourth-order valence-electron chi connectivity index (χ4n) is 3.87. The average Bonchev–Trinajstić information content (AvgIpc) is 3.35. The highest BCUT2D eigenvalue weighted by molar-refractivity contribution is 6.31. The number of aryl methyl sites for hydroxylation is 1. The van der Waals surface area contributed by atoms with E-state index in [4.69, 9.17) is 21.0 Å². The molecule has 0 bridgehead atoms. The van der Waals surface area contributed by atoms with Crippen molar-refractivity contribution in [2.45, 2.75) is 6.92 Å². The molecule has 0 aliphatic carbocycles. The number of urea groups is 1. The minimum atomic E-state index is -0.0884. The third kappa shape index (κ3) is 3.99. The maximum atomic E-state index is 12.8. The van der Waals surface area contributed by atoms with Gasteiger partial charge in [-0.25, -0.2) is 14.8 Å². The Hall–Kier alpha value is -3.58. The van der Waals surface area contributed by atoms with Crippen molar-refractivity contribution in [3.05, 3.63) is 71.4 Å². The number of halogens is 1. The van der Waals surface area contributed by atoms with Gasteiger partial charge in [-0.05, 0) is 48.9 Å². The molecule has 32 heavy (non-hydrogen) atoms. The standard InChI is InChI=1S/C24H22ClN5O2/c1-16-5-2-3-6-19(16)27-24(31)30-12-10-29(11-13-30)23-18-9-8-17(25)15-20(18)26-22(28-23)21-7-4-14-32-21/h2-9,14-15H,10-13H2,1H3,(H,27,31). The number of anilines is 2. The van der Waals surface area contributed by atoms with E-state index in [0.717, 1.165) is 28.0 Å². The molecular weight excluding hydrogens is 426 g/mol. The van der Waals surface area contributed by atoms with Crippen LogP contribution in [-0.2, 0) is 0 Å². The van der Waals surface area contributed by atoms with Crippen molar-refractivity contribution >= 4 is 40.0 Å². The second-order valence-electron chi connectivity index (χ2n) is 7.73. The Balaban J connectivity index is 1.38. The molecule has 0 spiro atoms. The number of para-hydroxylation sites is 1. The molecular formula is C24H22ClN5O2. The van der Waals surface area contributed by atoms with Gasteiger partial charge in [-0.1, -0.05) is 29.8 Å². The van der Waals surface area contributed by atoms with Crippen molar-refractivity contribution in [3.8, 4) is 11.6 Å². The molecule has 0 atom stereocenters. The molecule has 162 valence electrons. The molecule has 3 heterocycles. The normalized spacial score (nSPS) is 14.1. The number of rotatable bonds is 3. The zero-order chi connectivity index (χ0) is 22.1. The van der Waals surface area contributed by atoms with Crippen LogP contribution in [0.3, 0.4) is 0 Å². The van der Waals surface area contributed by atoms with E-state index in [1.54, 1.807) is 6.26 Å². The Morgan fingerprint density at radius 1 is 1.03 bits per heavy atom. The van der Waals surface area contributed by atoms with E-state index in [0.29, 0.717) is 42.8 Å². The summed E-state index contributed by atoms with van der Waals surface area (Å²) in [5.41, 5.74) is 2.63. The predicted molar refractivity (Wildman–Crippen MR) is 126 cm³/mol. The van der Waals surface area contributed by atoms with Crippen LogP contribution in [0.2, 0.25) is 5.02 Å². The Morgan fingerprint density at radius 3 is 2.59 bits per heavy atom. The molecule has 0 radical (unpaired) electrons. The van der Waals surface area contributed by atoms with E-state index in [9.17, 15) is 4.79 Å². The molecule has 2 aromatic carbocycles. The van der Waals surface area contributed by atoms with Crippen LogP contribution in [0.5, 0.6) is 0 Å². The van der Waals surface area contributed by atoms with E-state index in [1.165, 1.54) is 0 Å². The van der Waals surface area contributed by atoms with Gasteiger partial charge in [0.2, 0.25) is 0 Å². The number of furan rings is 1. The Labute approximate surface area is 190 Å². The quantitative estimate of drug-likeness (QED) is 0.467. The number of amides is 2. The number of nitrogens with one attached hydrogen (secondary N) is 1. The molecule has 5 rings (SSSR count). The van der Waals surface area contributed by atoms with Crippen LogP contribution in [0, 0.1) is 6.92 Å². The Morgan fingerprint density at radius 2 is 1.84 bits per heavy atom. The fraction of sp³-hybridized carbons (Fsp3) is 0.208. The number of hydrogen-bond acceptors (Lipinski definition) is 5. The minimum Gasteiger partial charge on any atom is -0.461 e. The molecule has 1 aliphatic rings. The zero-order valence-corrected chi connectivity index (χ0v) is 18.3. The summed E-state index contributed by atoms with van der Waals surface area (Å²) < 4.78 is 5.52. The Kier molecular flexibility index (Phi) is 5.41. The molecule has 1 aliphatic heterocycles. The Bertz CT molecular complexity index is 1270. The monoisotopic (exact) mass is 447 g/mol. The first-order valence-corrected chi connectivity index (χ1v) is 10.8. The maximum absolute atomic E-state index is 12.8. The van der Waals surface area contributed by atoms with Crippen molar-refractivity contribution in [1.82, 2.24) is 14.9 Å². The molecule has 2 amide bonds. The van der Waals surface area contributed by atoms with Gasteiger partial charge in [0.25, 0.3) is 0 Å². The topological polar surface area (TPSA) is 74.5 Å². The van der Waals surface area contributed by atoms with Crippen molar-refractivity contribution in [2.24, 2.45) is 0 Å². The van der Waals surface area contributed by atoms with E-state index in [2.05, 4.69) is 15.2 Å². The first kappa shape index (κ1) is 20.3. The summed E-state index contributed by atoms with van der Waals surface area (Å²) in [6.45, 7) is 4.48. The van der Waals surface area contributed by atoms with Gasteiger partial charge in [-0.3, -0.25) is 0 Å². The smallest absolute Gasteiger partial charge is 0.321 e. The zero-order valence-electron chi connectivity index (χ0n) is 17.6. The van der Waals surface area contributed by atoms with Crippen molar-refractivity contribution in [3.63, 3.8) is 0 Å². The van der Waals surface area contributed by atoms with Gasteiger partial charge in [-0.15, -0.1) is 0 Å². The second kappa shape index (κ2) is 8.51. The summed E-state index contributed by atoms with van der Waals surface area (Å²) >= 11 is 6.22. The van der Waals surface area contributed by atoms with Crippen LogP contribution in [0.15, 0.2) is 65.3 Å². The predicted octanol–water partition coefficient (Wildman–Crippen LogP) is 5.21. The van der Waals surface area contributed by atoms with E-state index in [-0.39, 0.29) is 6.03 Å². The molecule has 8 heteroatoms. The van der Waals surface area contributed by atoms with Crippen LogP contribution < -0.4 is 10.2 Å². The third-order valence-corrected chi connectivity index (χ3v) is 5.87. The summed E-state index contributed by atoms with van der Waals surface area (Å²) in [4.78, 5) is 26.2. The van der Waals surface area contributed by atoms with Crippen LogP contribution >= 0.6 is 11.6 Å². The minimum absolute atomic E-state index is 0.0884. The molecule has 7 nitrogen and oxygen atoms in total. The lowest BCUT2D eigenvalue weighted by molar-refractivity contribution is 0.208. The fourth-order valence-corrected chi connectivity index (χ4v) is 4.04. The van der Waals surface area contributed by atoms with E-state index < -0.39 is 0 Å². The van der Waals surface area contributed by atoms with Gasteiger partial charge < -0.3 is 19.5 Å². The number of hydrogen-bond donors (Lipinski definition) is 1. The number of benzene rings is 2. The molecule has 2 aromatic heterocycles.